The SMILES string of the molecule is CC(C)[C@H](C)N=C1Nc2ccncc2S(=O)(=O)N1.O. The van der Waals surface area contributed by atoms with Gasteiger partial charge >= 0.3 is 0 Å². The van der Waals surface area contributed by atoms with Crippen LogP contribution in [0.15, 0.2) is 28.3 Å². The van der Waals surface area contributed by atoms with Crippen molar-refractivity contribution in [2.75, 3.05) is 5.32 Å². The largest absolute Gasteiger partial charge is 0.412 e. The zero-order valence-electron chi connectivity index (χ0n) is 11.0. The van der Waals surface area contributed by atoms with Crippen LogP contribution in [0, 0.1) is 5.92 Å². The van der Waals surface area contributed by atoms with Crippen molar-refractivity contribution in [3.05, 3.63) is 18.5 Å². The fourth-order valence-corrected chi connectivity index (χ4v) is 2.52. The van der Waals surface area contributed by atoms with Crippen molar-refractivity contribution in [2.24, 2.45) is 10.9 Å². The Morgan fingerprint density at radius 3 is 2.63 bits per heavy atom. The molecule has 1 aliphatic rings. The van der Waals surface area contributed by atoms with Crippen LogP contribution in [0.3, 0.4) is 0 Å². The summed E-state index contributed by atoms with van der Waals surface area (Å²) in [7, 11) is -3.57. The molecule has 7 nitrogen and oxygen atoms in total. The number of rotatable bonds is 2. The summed E-state index contributed by atoms with van der Waals surface area (Å²) in [4.78, 5) is 8.27. The lowest BCUT2D eigenvalue weighted by molar-refractivity contribution is 0.529. The fourth-order valence-electron chi connectivity index (χ4n) is 1.44. The lowest BCUT2D eigenvalue weighted by atomic mass is 10.1. The van der Waals surface area contributed by atoms with Gasteiger partial charge in [0, 0.05) is 12.4 Å². The number of hydrogen-bond donors (Lipinski definition) is 2. The Hall–Kier alpha value is -1.67. The maximum absolute atomic E-state index is 12.0. The molecule has 8 heteroatoms. The van der Waals surface area contributed by atoms with Crippen molar-refractivity contribution < 1.29 is 13.9 Å². The van der Waals surface area contributed by atoms with Crippen molar-refractivity contribution >= 4 is 21.7 Å². The van der Waals surface area contributed by atoms with E-state index in [9.17, 15) is 8.42 Å². The highest BCUT2D eigenvalue weighted by Crippen LogP contribution is 2.23. The van der Waals surface area contributed by atoms with Crippen molar-refractivity contribution in [1.29, 1.82) is 0 Å². The molecule has 0 saturated carbocycles. The van der Waals surface area contributed by atoms with Crippen LogP contribution in [0.25, 0.3) is 0 Å². The van der Waals surface area contributed by atoms with E-state index in [0.29, 0.717) is 11.6 Å². The Morgan fingerprint density at radius 1 is 1.32 bits per heavy atom. The Labute approximate surface area is 112 Å². The lowest BCUT2D eigenvalue weighted by Gasteiger charge is -2.22. The average molecular weight is 286 g/mol. The summed E-state index contributed by atoms with van der Waals surface area (Å²) in [5, 5.41) is 2.96. The van der Waals surface area contributed by atoms with Crippen LogP contribution in [0.4, 0.5) is 5.69 Å². The highest BCUT2D eigenvalue weighted by molar-refractivity contribution is 7.90. The predicted octanol–water partition coefficient (Wildman–Crippen LogP) is 0.361. The van der Waals surface area contributed by atoms with E-state index in [2.05, 4.69) is 20.0 Å². The third-order valence-corrected chi connectivity index (χ3v) is 4.22. The molecule has 0 fully saturated rings. The second-order valence-corrected chi connectivity index (χ2v) is 6.22. The summed E-state index contributed by atoms with van der Waals surface area (Å²) in [6.07, 6.45) is 2.85. The van der Waals surface area contributed by atoms with Gasteiger partial charge in [0.1, 0.15) is 4.90 Å². The molecular formula is C11H18N4O3S. The van der Waals surface area contributed by atoms with Crippen LogP contribution in [-0.2, 0) is 10.0 Å². The summed E-state index contributed by atoms with van der Waals surface area (Å²) in [5.74, 6) is 0.595. The van der Waals surface area contributed by atoms with Gasteiger partial charge in [0.05, 0.1) is 11.7 Å². The first-order chi connectivity index (χ1) is 8.40. The Kier molecular flexibility index (Phi) is 4.48. The predicted molar refractivity (Wildman–Crippen MR) is 73.5 cm³/mol. The number of anilines is 1. The van der Waals surface area contributed by atoms with Crippen LogP contribution >= 0.6 is 0 Å². The van der Waals surface area contributed by atoms with Crippen molar-refractivity contribution in [3.63, 3.8) is 0 Å². The number of pyridine rings is 1. The van der Waals surface area contributed by atoms with Gasteiger partial charge in [0.25, 0.3) is 10.0 Å². The Morgan fingerprint density at radius 2 is 2.00 bits per heavy atom. The molecular weight excluding hydrogens is 268 g/mol. The third-order valence-electron chi connectivity index (χ3n) is 2.86. The molecule has 0 radical (unpaired) electrons. The van der Waals surface area contributed by atoms with Crippen LogP contribution in [-0.4, -0.2) is 30.9 Å². The number of sulfonamides is 1. The molecule has 0 bridgehead atoms. The summed E-state index contributed by atoms with van der Waals surface area (Å²) < 4.78 is 26.3. The van der Waals surface area contributed by atoms with Gasteiger partial charge in [-0.3, -0.25) is 4.98 Å². The molecule has 0 aromatic carbocycles. The van der Waals surface area contributed by atoms with E-state index in [0.717, 1.165) is 0 Å². The highest BCUT2D eigenvalue weighted by atomic mass is 32.2. The third kappa shape index (κ3) is 3.21. The van der Waals surface area contributed by atoms with Gasteiger partial charge in [-0.15, -0.1) is 0 Å². The minimum atomic E-state index is -3.57. The molecule has 1 aromatic rings. The zero-order valence-corrected chi connectivity index (χ0v) is 11.8. The second-order valence-electron chi connectivity index (χ2n) is 4.56. The summed E-state index contributed by atoms with van der Waals surface area (Å²) in [5.41, 5.74) is 0.499. The maximum Gasteiger partial charge on any atom is 0.267 e. The molecule has 19 heavy (non-hydrogen) atoms. The van der Waals surface area contributed by atoms with Gasteiger partial charge < -0.3 is 10.8 Å². The molecule has 0 aliphatic carbocycles. The number of fused-ring (bicyclic) bond motifs is 1. The topological polar surface area (TPSA) is 115 Å². The first kappa shape index (κ1) is 15.4. The van der Waals surface area contributed by atoms with E-state index in [-0.39, 0.29) is 22.4 Å². The van der Waals surface area contributed by atoms with E-state index in [1.807, 2.05) is 20.8 Å². The van der Waals surface area contributed by atoms with Crippen LogP contribution in [0.1, 0.15) is 20.8 Å². The average Bonchev–Trinajstić information content (AvgIpc) is 2.28. The summed E-state index contributed by atoms with van der Waals surface area (Å²) >= 11 is 0. The lowest BCUT2D eigenvalue weighted by Crippen LogP contribution is -2.41. The zero-order chi connectivity index (χ0) is 13.3. The molecule has 106 valence electrons. The van der Waals surface area contributed by atoms with E-state index < -0.39 is 10.0 Å². The number of aliphatic imine (C=N–C) groups is 1. The Balaban J connectivity index is 0.00000180. The molecule has 4 N–H and O–H groups in total. The van der Waals surface area contributed by atoms with Crippen LogP contribution in [0.2, 0.25) is 0 Å². The summed E-state index contributed by atoms with van der Waals surface area (Å²) in [6, 6.07) is 1.64. The molecule has 0 saturated heterocycles. The minimum absolute atomic E-state index is 0. The molecule has 2 heterocycles. The minimum Gasteiger partial charge on any atom is -0.412 e. The monoisotopic (exact) mass is 286 g/mol. The van der Waals surface area contributed by atoms with E-state index in [4.69, 9.17) is 0 Å². The van der Waals surface area contributed by atoms with Crippen molar-refractivity contribution in [3.8, 4) is 0 Å². The fraction of sp³-hybridized carbons (Fsp3) is 0.455. The van der Waals surface area contributed by atoms with Gasteiger partial charge in [-0.2, -0.15) is 0 Å². The highest BCUT2D eigenvalue weighted by Gasteiger charge is 2.26. The number of aromatic nitrogens is 1. The quantitative estimate of drug-likeness (QED) is 0.816. The normalized spacial score (nSPS) is 19.9. The maximum atomic E-state index is 12.0. The molecule has 0 unspecified atom stereocenters. The molecule has 2 rings (SSSR count). The van der Waals surface area contributed by atoms with Crippen LogP contribution < -0.4 is 10.0 Å². The molecule has 1 atom stereocenters. The number of hydrogen-bond acceptors (Lipinski definition) is 4. The summed E-state index contributed by atoms with van der Waals surface area (Å²) in [6.45, 7) is 6.00. The first-order valence-electron chi connectivity index (χ1n) is 5.72. The molecule has 1 aromatic heterocycles. The van der Waals surface area contributed by atoms with Crippen molar-refractivity contribution in [1.82, 2.24) is 9.71 Å². The number of guanidine groups is 1. The molecule has 0 amide bonds. The van der Waals surface area contributed by atoms with Gasteiger partial charge in [0.15, 0.2) is 0 Å². The second kappa shape index (κ2) is 5.54. The van der Waals surface area contributed by atoms with Crippen molar-refractivity contribution in [2.45, 2.75) is 31.7 Å². The van der Waals surface area contributed by atoms with Gasteiger partial charge in [-0.25, -0.2) is 18.1 Å². The number of nitrogens with zero attached hydrogens (tertiary/aromatic N) is 2. The molecule has 0 spiro atoms. The van der Waals surface area contributed by atoms with Gasteiger partial charge in [-0.05, 0) is 18.9 Å². The Bertz CT molecular complexity index is 583. The van der Waals surface area contributed by atoms with Gasteiger partial charge in [0.2, 0.25) is 5.96 Å². The first-order valence-corrected chi connectivity index (χ1v) is 7.20. The van der Waals surface area contributed by atoms with Gasteiger partial charge in [-0.1, -0.05) is 13.8 Å². The van der Waals surface area contributed by atoms with E-state index >= 15 is 0 Å². The smallest absolute Gasteiger partial charge is 0.267 e. The van der Waals surface area contributed by atoms with E-state index in [1.165, 1.54) is 12.4 Å². The number of nitrogens with one attached hydrogen (secondary N) is 2. The standard InChI is InChI=1S/C11H16N4O2S.H2O/c1-7(2)8(3)13-11-14-9-4-5-12-6-10(9)18(16,17)15-11;/h4-8H,1-3H3,(H2,13,14,15);1H2/t8-;/m0./s1. The van der Waals surface area contributed by atoms with E-state index in [1.54, 1.807) is 6.07 Å². The molecule has 1 aliphatic heterocycles. The van der Waals surface area contributed by atoms with Crippen LogP contribution in [0.5, 0.6) is 0 Å².